The normalized spacial score (nSPS) is 11.8. The fraction of sp³-hybridized carbons (Fsp3) is 0.250. The molecule has 2 aromatic rings. The Hall–Kier alpha value is -3.35. The lowest BCUT2D eigenvalue weighted by molar-refractivity contribution is 0.355. The molecule has 0 fully saturated rings. The van der Waals surface area contributed by atoms with Gasteiger partial charge < -0.3 is 0 Å². The molecule has 0 saturated heterocycles. The number of rotatable bonds is 3. The minimum Gasteiger partial charge on any atom is -0.299 e. The number of hydrogen-bond donors (Lipinski definition) is 1. The van der Waals surface area contributed by atoms with E-state index in [1.807, 2.05) is 22.9 Å². The minimum atomic E-state index is -0.294. The largest absolute Gasteiger partial charge is 0.299 e. The summed E-state index contributed by atoms with van der Waals surface area (Å²) < 4.78 is 1.92. The molecular formula is C20H20N6O. The molecule has 4 rings (SSSR count). The third-order valence-corrected chi connectivity index (χ3v) is 4.31. The molecule has 0 atom stereocenters. The average molecular weight is 360 g/mol. The van der Waals surface area contributed by atoms with Crippen molar-refractivity contribution in [1.82, 2.24) is 29.7 Å². The van der Waals surface area contributed by atoms with Crippen LogP contribution in [0.25, 0.3) is 22.8 Å². The van der Waals surface area contributed by atoms with Crippen LogP contribution in [0, 0.1) is 0 Å². The van der Waals surface area contributed by atoms with Gasteiger partial charge in [0, 0.05) is 36.3 Å². The fourth-order valence-corrected chi connectivity index (χ4v) is 3.03. The number of fused-ring (bicyclic) bond motifs is 1. The summed E-state index contributed by atoms with van der Waals surface area (Å²) in [6.07, 6.45) is 5.58. The van der Waals surface area contributed by atoms with E-state index in [4.69, 9.17) is 4.98 Å². The van der Waals surface area contributed by atoms with Gasteiger partial charge in [0.25, 0.3) is 5.56 Å². The molecular weight excluding hydrogens is 340 g/mol. The second-order valence-corrected chi connectivity index (χ2v) is 7.38. The predicted molar refractivity (Wildman–Crippen MR) is 103 cm³/mol. The summed E-state index contributed by atoms with van der Waals surface area (Å²) >= 11 is 0. The van der Waals surface area contributed by atoms with Crippen molar-refractivity contribution in [1.29, 1.82) is 0 Å². The van der Waals surface area contributed by atoms with Crippen LogP contribution in [0.5, 0.6) is 0 Å². The lowest BCUT2D eigenvalue weighted by Gasteiger charge is -2.22. The summed E-state index contributed by atoms with van der Waals surface area (Å²) in [7, 11) is 0. The van der Waals surface area contributed by atoms with Crippen molar-refractivity contribution in [2.24, 2.45) is 0 Å². The Morgan fingerprint density at radius 3 is 2.48 bits per heavy atom. The van der Waals surface area contributed by atoms with Gasteiger partial charge in [0.05, 0.1) is 11.2 Å². The van der Waals surface area contributed by atoms with Crippen LogP contribution < -0.4 is 5.56 Å². The zero-order valence-corrected chi connectivity index (χ0v) is 15.5. The molecule has 1 N–H and O–H groups in total. The maximum atomic E-state index is 12.9. The van der Waals surface area contributed by atoms with Gasteiger partial charge in [-0.15, -0.1) is 0 Å². The van der Waals surface area contributed by atoms with Gasteiger partial charge in [-0.2, -0.15) is 4.98 Å². The highest BCUT2D eigenvalue weighted by Gasteiger charge is 2.28. The highest BCUT2D eigenvalue weighted by Crippen LogP contribution is 2.29. The number of nitrogens with zero attached hydrogens (tertiary/aromatic N) is 5. The molecule has 0 radical (unpaired) electrons. The molecule has 0 spiro atoms. The Bertz CT molecular complexity index is 1090. The molecule has 2 aromatic heterocycles. The van der Waals surface area contributed by atoms with Crippen molar-refractivity contribution in [3.63, 3.8) is 0 Å². The first kappa shape index (κ1) is 17.1. The average Bonchev–Trinajstić information content (AvgIpc) is 3.02. The Kier molecular flexibility index (Phi) is 4.07. The van der Waals surface area contributed by atoms with E-state index in [2.05, 4.69) is 40.8 Å². The number of pyridine rings is 2. The van der Waals surface area contributed by atoms with Crippen molar-refractivity contribution in [2.45, 2.75) is 32.7 Å². The van der Waals surface area contributed by atoms with Gasteiger partial charge in [0.15, 0.2) is 11.6 Å². The molecule has 136 valence electrons. The van der Waals surface area contributed by atoms with Crippen LogP contribution >= 0.6 is 0 Å². The van der Waals surface area contributed by atoms with Crippen LogP contribution in [-0.4, -0.2) is 29.7 Å². The Morgan fingerprint density at radius 2 is 1.81 bits per heavy atom. The number of H-pyrrole nitrogens is 1. The Morgan fingerprint density at radius 1 is 1.04 bits per heavy atom. The first-order valence-electron chi connectivity index (χ1n) is 8.76. The van der Waals surface area contributed by atoms with E-state index in [0.29, 0.717) is 23.6 Å². The van der Waals surface area contributed by atoms with Crippen molar-refractivity contribution in [3.05, 3.63) is 70.7 Å². The van der Waals surface area contributed by atoms with Gasteiger partial charge in [-0.3, -0.25) is 24.5 Å². The molecule has 2 aliphatic heterocycles. The molecule has 0 unspecified atom stereocenters. The highest BCUT2D eigenvalue weighted by atomic mass is 16.1. The molecule has 0 bridgehead atoms. The SMILES string of the molecule is CC(C)(C)n1[nH]c(Cc2ccccn2)c2c(=O)nc(-c3ccncc3)nc1-2. The molecule has 0 amide bonds. The van der Waals surface area contributed by atoms with Crippen LogP contribution in [0.1, 0.15) is 32.2 Å². The maximum absolute atomic E-state index is 12.9. The maximum Gasteiger partial charge on any atom is 0.284 e. The second kappa shape index (κ2) is 6.42. The zero-order valence-electron chi connectivity index (χ0n) is 15.5. The van der Waals surface area contributed by atoms with Crippen molar-refractivity contribution in [2.75, 3.05) is 0 Å². The summed E-state index contributed by atoms with van der Waals surface area (Å²) in [4.78, 5) is 30.2. The first-order chi connectivity index (χ1) is 12.9. The van der Waals surface area contributed by atoms with E-state index in [1.165, 1.54) is 0 Å². The zero-order chi connectivity index (χ0) is 19.0. The number of nitrogens with one attached hydrogen (secondary N) is 1. The van der Waals surface area contributed by atoms with Gasteiger partial charge in [-0.25, -0.2) is 4.98 Å². The van der Waals surface area contributed by atoms with Crippen LogP contribution in [0.4, 0.5) is 0 Å². The minimum absolute atomic E-state index is 0.281. The van der Waals surface area contributed by atoms with E-state index >= 15 is 0 Å². The standard InChI is InChI=1S/C20H20N6O/c1-20(2,3)26-18-16(15(25-26)12-14-6-4-5-9-22-14)19(27)24-17(23-18)13-7-10-21-11-8-13/h4-11,25H,12H2,1-3H3. The van der Waals surface area contributed by atoms with Gasteiger partial charge >= 0.3 is 0 Å². The predicted octanol–water partition coefficient (Wildman–Crippen LogP) is 2.87. The highest BCUT2D eigenvalue weighted by molar-refractivity contribution is 5.65. The van der Waals surface area contributed by atoms with Gasteiger partial charge in [-0.05, 0) is 45.0 Å². The van der Waals surface area contributed by atoms with Crippen LogP contribution in [0.15, 0.2) is 53.7 Å². The van der Waals surface area contributed by atoms with Gasteiger partial charge in [0.2, 0.25) is 0 Å². The molecule has 0 saturated carbocycles. The van der Waals surface area contributed by atoms with E-state index in [1.54, 1.807) is 30.7 Å². The van der Waals surface area contributed by atoms with Crippen LogP contribution in [0.3, 0.4) is 0 Å². The second-order valence-electron chi connectivity index (χ2n) is 7.38. The summed E-state index contributed by atoms with van der Waals surface area (Å²) in [5.74, 6) is 0.997. The van der Waals surface area contributed by atoms with E-state index in [0.717, 1.165) is 17.0 Å². The molecule has 27 heavy (non-hydrogen) atoms. The Labute approximate surface area is 156 Å². The Balaban J connectivity index is 1.92. The third kappa shape index (κ3) is 3.23. The van der Waals surface area contributed by atoms with Crippen LogP contribution in [0.2, 0.25) is 0 Å². The quantitative estimate of drug-likeness (QED) is 0.607. The van der Waals surface area contributed by atoms with Gasteiger partial charge in [-0.1, -0.05) is 6.07 Å². The fourth-order valence-electron chi connectivity index (χ4n) is 3.03. The topological polar surface area (TPSA) is 89.4 Å². The van der Waals surface area contributed by atoms with E-state index in [-0.39, 0.29) is 11.1 Å². The third-order valence-electron chi connectivity index (χ3n) is 4.31. The number of aromatic amines is 1. The summed E-state index contributed by atoms with van der Waals surface area (Å²) in [6, 6.07) is 9.33. The van der Waals surface area contributed by atoms with E-state index < -0.39 is 0 Å². The van der Waals surface area contributed by atoms with Crippen molar-refractivity contribution < 1.29 is 0 Å². The number of aromatic nitrogens is 6. The van der Waals surface area contributed by atoms with Gasteiger partial charge in [0.1, 0.15) is 5.56 Å². The molecule has 0 aliphatic carbocycles. The molecule has 0 aromatic carbocycles. The van der Waals surface area contributed by atoms with E-state index in [9.17, 15) is 4.79 Å². The first-order valence-corrected chi connectivity index (χ1v) is 8.76. The molecule has 7 nitrogen and oxygen atoms in total. The van der Waals surface area contributed by atoms with Crippen molar-refractivity contribution >= 4 is 0 Å². The number of hydrogen-bond acceptors (Lipinski definition) is 5. The monoisotopic (exact) mass is 360 g/mol. The van der Waals surface area contributed by atoms with Crippen molar-refractivity contribution in [3.8, 4) is 22.8 Å². The molecule has 7 heteroatoms. The summed E-state index contributed by atoms with van der Waals surface area (Å²) in [6.45, 7) is 6.19. The lowest BCUT2D eigenvalue weighted by Crippen LogP contribution is -2.25. The summed E-state index contributed by atoms with van der Waals surface area (Å²) in [5, 5.41) is 3.36. The van der Waals surface area contributed by atoms with Crippen LogP contribution in [-0.2, 0) is 12.0 Å². The molecule has 4 heterocycles. The smallest absolute Gasteiger partial charge is 0.284 e. The molecule has 2 aliphatic rings. The summed E-state index contributed by atoms with van der Waals surface area (Å²) in [5.41, 5.74) is 2.34. The lowest BCUT2D eigenvalue weighted by atomic mass is 10.1.